The number of rotatable bonds is 6. The zero-order valence-corrected chi connectivity index (χ0v) is 21.6. The summed E-state index contributed by atoms with van der Waals surface area (Å²) in [5, 5.41) is 12.8. The van der Waals surface area contributed by atoms with E-state index in [2.05, 4.69) is 21.1 Å². The maximum absolute atomic E-state index is 14.6. The number of halogens is 3. The molecule has 5 rings (SSSR count). The topological polar surface area (TPSA) is 96.1 Å². The molecule has 0 bridgehead atoms. The van der Waals surface area contributed by atoms with E-state index in [-0.39, 0.29) is 11.4 Å². The average molecular weight is 538 g/mol. The van der Waals surface area contributed by atoms with Gasteiger partial charge in [-0.05, 0) is 46.6 Å². The highest BCUT2D eigenvalue weighted by Crippen LogP contribution is 2.39. The molecular weight excluding hydrogens is 519 g/mol. The lowest BCUT2D eigenvalue weighted by Crippen LogP contribution is -2.11. The van der Waals surface area contributed by atoms with E-state index in [0.717, 1.165) is 12.1 Å². The minimum atomic E-state index is -1.31. The molecule has 2 atom stereocenters. The second-order valence-corrected chi connectivity index (χ2v) is 9.63. The summed E-state index contributed by atoms with van der Waals surface area (Å²) in [4.78, 5) is 13.7. The molecule has 0 aliphatic heterocycles. The minimum absolute atomic E-state index is 0.0112. The normalized spacial score (nSPS) is 12.4. The number of alkyl halides is 1. The van der Waals surface area contributed by atoms with Crippen LogP contribution in [0.25, 0.3) is 28.4 Å². The standard InChI is InChI=1S/C25H19ClF2N7OP/c1-13-22(36-12-30-13)21-20(15-7-4-6-14(10-15)11-29)31-24(34(2)37-3)25-32-23(33-35(21)25)19(26)18-16(27)8-5-9-17(18)28/h4-10,12,19,37H,1-3H3. The van der Waals surface area contributed by atoms with Crippen LogP contribution in [0.2, 0.25) is 0 Å². The maximum Gasteiger partial charge on any atom is 0.199 e. The second-order valence-electron chi connectivity index (χ2n) is 8.08. The Bertz CT molecular complexity index is 1660. The van der Waals surface area contributed by atoms with Crippen LogP contribution in [-0.2, 0) is 0 Å². The quantitative estimate of drug-likeness (QED) is 0.197. The predicted molar refractivity (Wildman–Crippen MR) is 138 cm³/mol. The van der Waals surface area contributed by atoms with Crippen molar-refractivity contribution >= 4 is 31.8 Å². The van der Waals surface area contributed by atoms with Crippen LogP contribution in [0.15, 0.2) is 53.3 Å². The molecule has 8 nitrogen and oxygen atoms in total. The molecule has 3 heterocycles. The summed E-state index contributed by atoms with van der Waals surface area (Å²) in [7, 11) is 2.16. The van der Waals surface area contributed by atoms with E-state index in [1.807, 2.05) is 24.4 Å². The maximum atomic E-state index is 14.6. The fraction of sp³-hybridized carbons (Fsp3) is 0.160. The number of oxazole rings is 1. The Labute approximate surface area is 217 Å². The molecule has 0 spiro atoms. The number of anilines is 1. The number of nitriles is 1. The average Bonchev–Trinajstić information content (AvgIpc) is 3.53. The van der Waals surface area contributed by atoms with Gasteiger partial charge in [0.05, 0.1) is 17.3 Å². The van der Waals surface area contributed by atoms with Gasteiger partial charge >= 0.3 is 0 Å². The number of aryl methyl sites for hydroxylation is 1. The summed E-state index contributed by atoms with van der Waals surface area (Å²) in [6.45, 7) is 3.74. The summed E-state index contributed by atoms with van der Waals surface area (Å²) in [6.07, 6.45) is 1.30. The van der Waals surface area contributed by atoms with E-state index in [1.54, 1.807) is 25.1 Å². The van der Waals surface area contributed by atoms with Crippen LogP contribution in [0, 0.1) is 29.9 Å². The van der Waals surface area contributed by atoms with E-state index in [1.165, 1.54) is 17.0 Å². The molecule has 2 aromatic carbocycles. The van der Waals surface area contributed by atoms with Crippen molar-refractivity contribution in [2.75, 3.05) is 18.4 Å². The van der Waals surface area contributed by atoms with Crippen LogP contribution >= 0.6 is 20.3 Å². The third kappa shape index (κ3) is 4.31. The molecule has 0 saturated carbocycles. The first-order chi connectivity index (χ1) is 17.8. The fourth-order valence-electron chi connectivity index (χ4n) is 3.93. The van der Waals surface area contributed by atoms with Gasteiger partial charge in [-0.1, -0.05) is 18.2 Å². The number of aromatic nitrogens is 5. The van der Waals surface area contributed by atoms with Gasteiger partial charge in [-0.15, -0.1) is 16.7 Å². The molecule has 0 amide bonds. The SMILES string of the molecule is CPN(C)c1nc(-c2cccc(C#N)c2)c(-c2ocnc2C)n2nc(C(Cl)c3c(F)cccc3F)nc12. The number of nitrogens with zero attached hydrogens (tertiary/aromatic N) is 7. The Morgan fingerprint density at radius 1 is 1.16 bits per heavy atom. The van der Waals surface area contributed by atoms with Gasteiger partial charge in [0.25, 0.3) is 0 Å². The molecule has 0 aliphatic carbocycles. The van der Waals surface area contributed by atoms with E-state index in [4.69, 9.17) is 21.0 Å². The van der Waals surface area contributed by atoms with Crippen molar-refractivity contribution in [3.8, 4) is 28.8 Å². The van der Waals surface area contributed by atoms with Crippen molar-refractivity contribution in [2.24, 2.45) is 0 Å². The Morgan fingerprint density at radius 3 is 2.54 bits per heavy atom. The first-order valence-corrected chi connectivity index (χ1v) is 12.9. The second kappa shape index (κ2) is 9.85. The molecule has 12 heteroatoms. The van der Waals surface area contributed by atoms with Gasteiger partial charge in [-0.2, -0.15) is 5.26 Å². The lowest BCUT2D eigenvalue weighted by atomic mass is 10.0. The predicted octanol–water partition coefficient (Wildman–Crippen LogP) is 5.89. The van der Waals surface area contributed by atoms with Crippen molar-refractivity contribution in [3.05, 3.63) is 83.1 Å². The Balaban J connectivity index is 1.86. The van der Waals surface area contributed by atoms with E-state index < -0.39 is 17.0 Å². The van der Waals surface area contributed by atoms with Crippen LogP contribution in [0.4, 0.5) is 14.6 Å². The molecule has 186 valence electrons. The first-order valence-electron chi connectivity index (χ1n) is 11.0. The van der Waals surface area contributed by atoms with Crippen molar-refractivity contribution in [1.29, 1.82) is 5.26 Å². The molecule has 0 saturated heterocycles. The summed E-state index contributed by atoms with van der Waals surface area (Å²) < 4.78 is 38.2. The first kappa shape index (κ1) is 24.8. The van der Waals surface area contributed by atoms with Crippen molar-refractivity contribution < 1.29 is 13.2 Å². The summed E-state index contributed by atoms with van der Waals surface area (Å²) in [5.41, 5.74) is 2.50. The number of benzene rings is 2. The van der Waals surface area contributed by atoms with Crippen molar-refractivity contribution in [1.82, 2.24) is 24.6 Å². The van der Waals surface area contributed by atoms with Crippen molar-refractivity contribution in [2.45, 2.75) is 12.3 Å². The molecule has 0 fully saturated rings. The van der Waals surface area contributed by atoms with Crippen molar-refractivity contribution in [3.63, 3.8) is 0 Å². The lowest BCUT2D eigenvalue weighted by Gasteiger charge is -2.19. The van der Waals surface area contributed by atoms with Gasteiger partial charge in [0.1, 0.15) is 28.4 Å². The molecular formula is C25H19ClF2N7OP. The van der Waals surface area contributed by atoms with E-state index in [9.17, 15) is 14.0 Å². The smallest absolute Gasteiger partial charge is 0.199 e. The highest BCUT2D eigenvalue weighted by Gasteiger charge is 2.29. The molecule has 0 radical (unpaired) electrons. The molecule has 0 N–H and O–H groups in total. The summed E-state index contributed by atoms with van der Waals surface area (Å²) in [5.74, 6) is -0.768. The Morgan fingerprint density at radius 2 is 1.89 bits per heavy atom. The van der Waals surface area contributed by atoms with Crippen LogP contribution in [-0.4, -0.2) is 38.3 Å². The third-order valence-electron chi connectivity index (χ3n) is 5.84. The Kier molecular flexibility index (Phi) is 6.59. The fourth-order valence-corrected chi connectivity index (χ4v) is 4.59. The van der Waals surface area contributed by atoms with Gasteiger partial charge in [-0.3, -0.25) is 0 Å². The number of hydrogen-bond donors (Lipinski definition) is 0. The van der Waals surface area contributed by atoms with E-state index >= 15 is 0 Å². The molecule has 5 aromatic rings. The number of fused-ring (bicyclic) bond motifs is 1. The van der Waals surface area contributed by atoms with Crippen LogP contribution in [0.5, 0.6) is 0 Å². The molecule has 2 unspecified atom stereocenters. The van der Waals surface area contributed by atoms with Crippen LogP contribution in [0.3, 0.4) is 0 Å². The largest absolute Gasteiger partial charge is 0.441 e. The van der Waals surface area contributed by atoms with Crippen LogP contribution in [0.1, 0.15) is 28.0 Å². The summed E-state index contributed by atoms with van der Waals surface area (Å²) in [6, 6.07) is 12.6. The van der Waals surface area contributed by atoms with Crippen LogP contribution < -0.4 is 4.67 Å². The van der Waals surface area contributed by atoms with Gasteiger partial charge in [-0.25, -0.2) is 28.2 Å². The molecule has 0 aliphatic rings. The third-order valence-corrected chi connectivity index (χ3v) is 7.13. The zero-order chi connectivity index (χ0) is 26.3. The monoisotopic (exact) mass is 537 g/mol. The molecule has 3 aromatic heterocycles. The van der Waals surface area contributed by atoms with E-state index in [0.29, 0.717) is 54.2 Å². The van der Waals surface area contributed by atoms with Gasteiger partial charge in [0.2, 0.25) is 0 Å². The highest BCUT2D eigenvalue weighted by atomic mass is 35.5. The highest BCUT2D eigenvalue weighted by molar-refractivity contribution is 7.39. The number of hydrogen-bond acceptors (Lipinski definition) is 7. The summed E-state index contributed by atoms with van der Waals surface area (Å²) >= 11 is 6.56. The minimum Gasteiger partial charge on any atom is -0.441 e. The van der Waals surface area contributed by atoms with Gasteiger partial charge < -0.3 is 9.09 Å². The van der Waals surface area contributed by atoms with Gasteiger partial charge in [0, 0.05) is 18.2 Å². The Hall–Kier alpha value is -3.93. The van der Waals surface area contributed by atoms with Gasteiger partial charge in [0.15, 0.2) is 29.4 Å². The molecule has 37 heavy (non-hydrogen) atoms. The lowest BCUT2D eigenvalue weighted by molar-refractivity contribution is 0.556. The zero-order valence-electron chi connectivity index (χ0n) is 19.9.